The minimum atomic E-state index is -0.932. The molecule has 0 radical (unpaired) electrons. The third kappa shape index (κ3) is 4.38. The second-order valence-electron chi connectivity index (χ2n) is 7.99. The topological polar surface area (TPSA) is 64.4 Å². The van der Waals surface area contributed by atoms with Gasteiger partial charge in [0.1, 0.15) is 18.2 Å². The minimum absolute atomic E-state index is 0.154. The van der Waals surface area contributed by atoms with Crippen LogP contribution in [0.1, 0.15) is 12.0 Å². The molecule has 0 amide bonds. The minimum Gasteiger partial charge on any atom is -0.489 e. The highest BCUT2D eigenvalue weighted by Crippen LogP contribution is 2.27. The first kappa shape index (κ1) is 19.9. The number of benzene rings is 2. The molecule has 0 aliphatic carbocycles. The van der Waals surface area contributed by atoms with Gasteiger partial charge in [0.05, 0.1) is 24.9 Å². The molecule has 7 nitrogen and oxygen atoms in total. The van der Waals surface area contributed by atoms with Gasteiger partial charge in [-0.3, -0.25) is 4.90 Å². The molecule has 162 valence electrons. The van der Waals surface area contributed by atoms with E-state index < -0.39 is 11.6 Å². The van der Waals surface area contributed by atoms with Gasteiger partial charge in [-0.1, -0.05) is 0 Å². The Labute approximate surface area is 178 Å². The van der Waals surface area contributed by atoms with Gasteiger partial charge in [0.25, 0.3) is 0 Å². The molecule has 2 saturated heterocycles. The molecule has 3 aromatic rings. The van der Waals surface area contributed by atoms with Crippen LogP contribution in [0.3, 0.4) is 0 Å². The first-order valence-electron chi connectivity index (χ1n) is 10.3. The molecule has 2 fully saturated rings. The summed E-state index contributed by atoms with van der Waals surface area (Å²) < 4.78 is 39.6. The molecular weight excluding hydrogens is 404 g/mol. The fourth-order valence-electron chi connectivity index (χ4n) is 3.90. The first-order chi connectivity index (χ1) is 15.0. The molecule has 5 rings (SSSR count). The molecule has 0 unspecified atom stereocenters. The zero-order valence-electron chi connectivity index (χ0n) is 17.1. The van der Waals surface area contributed by atoms with Crippen LogP contribution < -0.4 is 10.1 Å². The summed E-state index contributed by atoms with van der Waals surface area (Å²) in [5.41, 5.74) is 2.22. The van der Waals surface area contributed by atoms with E-state index in [1.165, 1.54) is 17.1 Å². The van der Waals surface area contributed by atoms with Crippen LogP contribution in [0.15, 0.2) is 42.7 Å². The smallest absolute Gasteiger partial charge is 0.246 e. The maximum atomic E-state index is 13.5. The summed E-state index contributed by atoms with van der Waals surface area (Å²) in [4.78, 5) is 6.64. The van der Waals surface area contributed by atoms with Crippen LogP contribution in [0.2, 0.25) is 0 Å². The highest BCUT2D eigenvalue weighted by atomic mass is 19.2. The Hall–Kier alpha value is -3.04. The quantitative estimate of drug-likeness (QED) is 0.650. The zero-order chi connectivity index (χ0) is 21.4. The maximum absolute atomic E-state index is 13.5. The Bertz CT molecular complexity index is 1090. The predicted molar refractivity (Wildman–Crippen MR) is 111 cm³/mol. The van der Waals surface area contributed by atoms with E-state index in [4.69, 9.17) is 9.47 Å². The van der Waals surface area contributed by atoms with Gasteiger partial charge in [0.15, 0.2) is 11.6 Å². The Balaban J connectivity index is 1.26. The molecule has 0 saturated carbocycles. The van der Waals surface area contributed by atoms with E-state index in [0.717, 1.165) is 61.9 Å². The van der Waals surface area contributed by atoms with Crippen molar-refractivity contribution in [2.45, 2.75) is 25.5 Å². The summed E-state index contributed by atoms with van der Waals surface area (Å²) in [6.07, 6.45) is 2.59. The third-order valence-electron chi connectivity index (χ3n) is 5.58. The average molecular weight is 427 g/mol. The van der Waals surface area contributed by atoms with Crippen LogP contribution in [0, 0.1) is 18.6 Å². The highest BCUT2D eigenvalue weighted by Gasteiger charge is 2.33. The Morgan fingerprint density at radius 2 is 2.00 bits per heavy atom. The number of ether oxygens (including phenoxy) is 2. The van der Waals surface area contributed by atoms with Crippen LogP contribution in [-0.2, 0) is 4.74 Å². The van der Waals surface area contributed by atoms with Gasteiger partial charge in [-0.2, -0.15) is 4.98 Å². The van der Waals surface area contributed by atoms with E-state index in [0.29, 0.717) is 17.7 Å². The summed E-state index contributed by atoms with van der Waals surface area (Å²) >= 11 is 0. The fraction of sp³-hybridized carbons (Fsp3) is 0.364. The normalized spacial score (nSPS) is 19.4. The molecular formula is C22H23F2N5O2. The molecule has 3 heterocycles. The van der Waals surface area contributed by atoms with Crippen LogP contribution in [0.5, 0.6) is 5.75 Å². The number of aromatic nitrogens is 3. The van der Waals surface area contributed by atoms with Crippen molar-refractivity contribution < 1.29 is 18.3 Å². The standard InChI is InChI=1S/C22H23F2N5O2/c1-14-6-15(8-19(7-14)31-18-4-5-28(10-18)17-11-30-12-17)26-22-25-13-29(27-22)16-2-3-20(23)21(24)9-16/h2-3,6-9,13,17-18H,4-5,10-12H2,1H3,(H,26,27)/t18-/m0/s1. The monoisotopic (exact) mass is 427 g/mol. The largest absolute Gasteiger partial charge is 0.489 e. The van der Waals surface area contributed by atoms with Crippen molar-refractivity contribution >= 4 is 11.6 Å². The second-order valence-corrected chi connectivity index (χ2v) is 7.99. The van der Waals surface area contributed by atoms with E-state index in [1.54, 1.807) is 0 Å². The van der Waals surface area contributed by atoms with Gasteiger partial charge in [0.2, 0.25) is 5.95 Å². The number of hydrogen-bond donors (Lipinski definition) is 1. The van der Waals surface area contributed by atoms with Crippen molar-refractivity contribution in [3.8, 4) is 11.4 Å². The molecule has 31 heavy (non-hydrogen) atoms. The number of anilines is 2. The summed E-state index contributed by atoms with van der Waals surface area (Å²) in [6.45, 7) is 5.56. The fourth-order valence-corrected chi connectivity index (χ4v) is 3.90. The zero-order valence-corrected chi connectivity index (χ0v) is 17.1. The van der Waals surface area contributed by atoms with Crippen LogP contribution in [0.25, 0.3) is 5.69 Å². The van der Waals surface area contributed by atoms with Crippen LogP contribution >= 0.6 is 0 Å². The number of nitrogens with one attached hydrogen (secondary N) is 1. The van der Waals surface area contributed by atoms with E-state index in [9.17, 15) is 8.78 Å². The van der Waals surface area contributed by atoms with Crippen molar-refractivity contribution in [1.29, 1.82) is 0 Å². The van der Waals surface area contributed by atoms with Crippen LogP contribution in [-0.4, -0.2) is 58.1 Å². The number of rotatable bonds is 6. The Morgan fingerprint density at radius 1 is 1.13 bits per heavy atom. The van der Waals surface area contributed by atoms with Gasteiger partial charge in [-0.15, -0.1) is 5.10 Å². The molecule has 9 heteroatoms. The van der Waals surface area contributed by atoms with Crippen molar-refractivity contribution in [2.75, 3.05) is 31.6 Å². The number of halogens is 2. The third-order valence-corrected chi connectivity index (χ3v) is 5.58. The molecule has 0 bridgehead atoms. The first-order valence-corrected chi connectivity index (χ1v) is 10.3. The molecule has 0 spiro atoms. The molecule has 2 aromatic carbocycles. The van der Waals surface area contributed by atoms with E-state index in [-0.39, 0.29) is 6.10 Å². The Kier molecular flexibility index (Phi) is 5.29. The number of aryl methyl sites for hydroxylation is 1. The maximum Gasteiger partial charge on any atom is 0.246 e. The van der Waals surface area contributed by atoms with E-state index in [2.05, 4.69) is 20.3 Å². The average Bonchev–Trinajstić information content (AvgIpc) is 3.32. The number of nitrogens with zero attached hydrogens (tertiary/aromatic N) is 4. The Morgan fingerprint density at radius 3 is 2.77 bits per heavy atom. The number of hydrogen-bond acceptors (Lipinski definition) is 6. The van der Waals surface area contributed by atoms with Gasteiger partial charge < -0.3 is 14.8 Å². The molecule has 2 aliphatic rings. The SMILES string of the molecule is Cc1cc(Nc2ncn(-c3ccc(F)c(F)c3)n2)cc(O[C@H]2CCN(C3COC3)C2)c1. The lowest BCUT2D eigenvalue weighted by molar-refractivity contribution is -0.0592. The van der Waals surface area contributed by atoms with Crippen molar-refractivity contribution in [3.63, 3.8) is 0 Å². The van der Waals surface area contributed by atoms with E-state index >= 15 is 0 Å². The lowest BCUT2D eigenvalue weighted by Gasteiger charge is -2.34. The molecule has 1 N–H and O–H groups in total. The highest BCUT2D eigenvalue weighted by molar-refractivity contribution is 5.57. The van der Waals surface area contributed by atoms with Crippen molar-refractivity contribution in [1.82, 2.24) is 19.7 Å². The second kappa shape index (κ2) is 8.24. The summed E-state index contributed by atoms with van der Waals surface area (Å²) in [6, 6.07) is 10.00. The molecule has 2 aliphatic heterocycles. The van der Waals surface area contributed by atoms with E-state index in [1.807, 2.05) is 25.1 Å². The van der Waals surface area contributed by atoms with Gasteiger partial charge in [-0.05, 0) is 43.2 Å². The molecule has 1 aromatic heterocycles. The van der Waals surface area contributed by atoms with Gasteiger partial charge in [-0.25, -0.2) is 13.5 Å². The summed E-state index contributed by atoms with van der Waals surface area (Å²) in [5.74, 6) is -0.697. The predicted octanol–water partition coefficient (Wildman–Crippen LogP) is 3.45. The lowest BCUT2D eigenvalue weighted by atomic mass is 10.2. The summed E-state index contributed by atoms with van der Waals surface area (Å²) in [7, 11) is 0. The number of likely N-dealkylation sites (tertiary alicyclic amines) is 1. The van der Waals surface area contributed by atoms with Crippen molar-refractivity contribution in [2.24, 2.45) is 0 Å². The molecule has 1 atom stereocenters. The van der Waals surface area contributed by atoms with Crippen LogP contribution in [0.4, 0.5) is 20.4 Å². The lowest BCUT2D eigenvalue weighted by Crippen LogP contribution is -2.48. The summed E-state index contributed by atoms with van der Waals surface area (Å²) in [5, 5.41) is 7.45. The van der Waals surface area contributed by atoms with Gasteiger partial charge >= 0.3 is 0 Å². The van der Waals surface area contributed by atoms with Crippen molar-refractivity contribution in [3.05, 3.63) is 59.9 Å². The van der Waals surface area contributed by atoms with Gasteiger partial charge in [0, 0.05) is 30.9 Å².